The molecule has 0 spiro atoms. The predicted octanol–water partition coefficient (Wildman–Crippen LogP) is 2.06. The lowest BCUT2D eigenvalue weighted by Gasteiger charge is -1.93. The van der Waals surface area contributed by atoms with Gasteiger partial charge in [-0.2, -0.15) is 0 Å². The normalized spacial score (nSPS) is 21.9. The maximum absolute atomic E-state index is 11.4. The zero-order valence-corrected chi connectivity index (χ0v) is 6.50. The number of rotatable bonds is 0. The summed E-state index contributed by atoms with van der Waals surface area (Å²) in [7, 11) is 0. The molecule has 0 N–H and O–H groups in total. The van der Waals surface area contributed by atoms with Gasteiger partial charge in [-0.25, -0.2) is 0 Å². The van der Waals surface area contributed by atoms with Gasteiger partial charge < -0.3 is 0 Å². The van der Waals surface area contributed by atoms with Crippen LogP contribution in [0.1, 0.15) is 22.8 Å². The van der Waals surface area contributed by atoms with Gasteiger partial charge in [0, 0.05) is 11.5 Å². The molecule has 0 radical (unpaired) electrons. The first-order valence-corrected chi connectivity index (χ1v) is 3.91. The van der Waals surface area contributed by atoms with E-state index in [0.29, 0.717) is 5.78 Å². The van der Waals surface area contributed by atoms with Crippen LogP contribution in [0, 0.1) is 5.92 Å². The Morgan fingerprint density at radius 3 is 2.82 bits per heavy atom. The van der Waals surface area contributed by atoms with E-state index in [0.717, 1.165) is 12.0 Å². The lowest BCUT2D eigenvalue weighted by Crippen LogP contribution is -2.02. The number of hydrogen-bond acceptors (Lipinski definition) is 1. The van der Waals surface area contributed by atoms with E-state index in [1.54, 1.807) is 0 Å². The van der Waals surface area contributed by atoms with Gasteiger partial charge in [-0.3, -0.25) is 4.79 Å². The number of Topliss-reactive ketones (excluding diaryl/α,β-unsaturated/α-hetero) is 1. The lowest BCUT2D eigenvalue weighted by molar-refractivity contribution is 0.0946. The Balaban J connectivity index is 2.55. The van der Waals surface area contributed by atoms with Crippen LogP contribution in [-0.2, 0) is 6.42 Å². The molecule has 0 fully saturated rings. The molecular formula is C10H10O. The summed E-state index contributed by atoms with van der Waals surface area (Å²) in [6.07, 6.45) is 0.926. The van der Waals surface area contributed by atoms with Gasteiger partial charge in [0.15, 0.2) is 5.78 Å². The molecule has 0 unspecified atom stereocenters. The zero-order valence-electron chi connectivity index (χ0n) is 6.50. The fourth-order valence-electron chi connectivity index (χ4n) is 1.63. The number of carbonyl (C=O) groups is 1. The summed E-state index contributed by atoms with van der Waals surface area (Å²) in [5.41, 5.74) is 2.14. The van der Waals surface area contributed by atoms with Crippen LogP contribution in [0.25, 0.3) is 0 Å². The monoisotopic (exact) mass is 146 g/mol. The highest BCUT2D eigenvalue weighted by molar-refractivity contribution is 6.01. The Morgan fingerprint density at radius 2 is 2.09 bits per heavy atom. The van der Waals surface area contributed by atoms with E-state index in [4.69, 9.17) is 0 Å². The summed E-state index contributed by atoms with van der Waals surface area (Å²) in [4.78, 5) is 11.4. The second-order valence-electron chi connectivity index (χ2n) is 3.13. The van der Waals surface area contributed by atoms with Crippen LogP contribution < -0.4 is 0 Å². The molecule has 2 rings (SSSR count). The highest BCUT2D eigenvalue weighted by Crippen LogP contribution is 2.25. The fourth-order valence-corrected chi connectivity index (χ4v) is 1.63. The van der Waals surface area contributed by atoms with Gasteiger partial charge in [0.1, 0.15) is 0 Å². The van der Waals surface area contributed by atoms with Crippen molar-refractivity contribution in [3.63, 3.8) is 0 Å². The molecule has 0 aliphatic heterocycles. The van der Waals surface area contributed by atoms with Crippen molar-refractivity contribution in [3.05, 3.63) is 35.4 Å². The number of ketones is 1. The van der Waals surface area contributed by atoms with Crippen LogP contribution in [-0.4, -0.2) is 5.78 Å². The van der Waals surface area contributed by atoms with Gasteiger partial charge in [0.05, 0.1) is 0 Å². The Labute approximate surface area is 66.0 Å². The standard InChI is InChI=1S/C10H10O/c1-7-6-8-4-2-3-5-9(8)10(7)11/h2-5,7H,6H2,1H3/t7-/m1/s1. The minimum Gasteiger partial charge on any atom is -0.294 e. The Bertz CT molecular complexity index is 301. The number of fused-ring (bicyclic) bond motifs is 1. The molecule has 11 heavy (non-hydrogen) atoms. The van der Waals surface area contributed by atoms with E-state index in [2.05, 4.69) is 0 Å². The first kappa shape index (κ1) is 6.59. The van der Waals surface area contributed by atoms with E-state index >= 15 is 0 Å². The second kappa shape index (κ2) is 2.19. The quantitative estimate of drug-likeness (QED) is 0.547. The minimum absolute atomic E-state index is 0.201. The van der Waals surface area contributed by atoms with E-state index in [9.17, 15) is 4.79 Å². The Morgan fingerprint density at radius 1 is 1.36 bits per heavy atom. The van der Waals surface area contributed by atoms with Crippen molar-refractivity contribution in [1.82, 2.24) is 0 Å². The van der Waals surface area contributed by atoms with Crippen LogP contribution in [0.15, 0.2) is 24.3 Å². The number of carbonyl (C=O) groups excluding carboxylic acids is 1. The van der Waals surface area contributed by atoms with Crippen molar-refractivity contribution < 1.29 is 4.79 Å². The van der Waals surface area contributed by atoms with Crippen LogP contribution in [0.3, 0.4) is 0 Å². The molecule has 1 aromatic rings. The summed E-state index contributed by atoms with van der Waals surface area (Å²) in [6, 6.07) is 7.87. The Kier molecular flexibility index (Phi) is 1.31. The van der Waals surface area contributed by atoms with E-state index in [1.165, 1.54) is 5.56 Å². The van der Waals surface area contributed by atoms with Crippen LogP contribution in [0.2, 0.25) is 0 Å². The summed E-state index contributed by atoms with van der Waals surface area (Å²) in [5.74, 6) is 0.507. The molecule has 1 atom stereocenters. The van der Waals surface area contributed by atoms with Gasteiger partial charge in [0.25, 0.3) is 0 Å². The largest absolute Gasteiger partial charge is 0.294 e. The highest BCUT2D eigenvalue weighted by Gasteiger charge is 2.25. The van der Waals surface area contributed by atoms with Crippen molar-refractivity contribution >= 4 is 5.78 Å². The molecule has 1 aliphatic rings. The summed E-state index contributed by atoms with van der Waals surface area (Å²) >= 11 is 0. The number of benzene rings is 1. The molecule has 0 bridgehead atoms. The van der Waals surface area contributed by atoms with Crippen LogP contribution in [0.5, 0.6) is 0 Å². The van der Waals surface area contributed by atoms with E-state index in [-0.39, 0.29) is 5.92 Å². The third-order valence-corrected chi connectivity index (χ3v) is 2.26. The molecule has 0 saturated carbocycles. The first-order chi connectivity index (χ1) is 5.29. The second-order valence-corrected chi connectivity index (χ2v) is 3.13. The molecule has 0 saturated heterocycles. The van der Waals surface area contributed by atoms with Crippen molar-refractivity contribution in [1.29, 1.82) is 0 Å². The van der Waals surface area contributed by atoms with Gasteiger partial charge in [-0.05, 0) is 12.0 Å². The lowest BCUT2D eigenvalue weighted by atomic mass is 10.1. The van der Waals surface area contributed by atoms with Crippen molar-refractivity contribution in [3.8, 4) is 0 Å². The molecular weight excluding hydrogens is 136 g/mol. The Hall–Kier alpha value is -1.11. The summed E-state index contributed by atoms with van der Waals surface area (Å²) in [6.45, 7) is 1.99. The SMILES string of the molecule is C[C@@H]1Cc2ccccc2C1=O. The smallest absolute Gasteiger partial charge is 0.166 e. The third kappa shape index (κ3) is 0.881. The maximum Gasteiger partial charge on any atom is 0.166 e. The van der Waals surface area contributed by atoms with Gasteiger partial charge >= 0.3 is 0 Å². The van der Waals surface area contributed by atoms with E-state index < -0.39 is 0 Å². The predicted molar refractivity (Wildman–Crippen MR) is 43.6 cm³/mol. The molecule has 0 aromatic heterocycles. The van der Waals surface area contributed by atoms with E-state index in [1.807, 2.05) is 31.2 Å². The summed E-state index contributed by atoms with van der Waals surface area (Å²) in [5, 5.41) is 0. The topological polar surface area (TPSA) is 17.1 Å². The van der Waals surface area contributed by atoms with Crippen molar-refractivity contribution in [2.45, 2.75) is 13.3 Å². The molecule has 1 heteroatoms. The average molecular weight is 146 g/mol. The van der Waals surface area contributed by atoms with Gasteiger partial charge in [-0.1, -0.05) is 31.2 Å². The number of hydrogen-bond donors (Lipinski definition) is 0. The average Bonchev–Trinajstić information content (AvgIpc) is 2.30. The summed E-state index contributed by atoms with van der Waals surface area (Å²) < 4.78 is 0. The zero-order chi connectivity index (χ0) is 7.84. The van der Waals surface area contributed by atoms with Crippen LogP contribution in [0.4, 0.5) is 0 Å². The minimum atomic E-state index is 0.201. The molecule has 1 aromatic carbocycles. The molecule has 0 heterocycles. The van der Waals surface area contributed by atoms with Gasteiger partial charge in [0.2, 0.25) is 0 Å². The molecule has 1 nitrogen and oxygen atoms in total. The molecule has 1 aliphatic carbocycles. The molecule has 56 valence electrons. The third-order valence-electron chi connectivity index (χ3n) is 2.26. The maximum atomic E-state index is 11.4. The fraction of sp³-hybridized carbons (Fsp3) is 0.300. The van der Waals surface area contributed by atoms with Crippen molar-refractivity contribution in [2.24, 2.45) is 5.92 Å². The van der Waals surface area contributed by atoms with Gasteiger partial charge in [-0.15, -0.1) is 0 Å². The first-order valence-electron chi connectivity index (χ1n) is 3.91. The highest BCUT2D eigenvalue weighted by atomic mass is 16.1. The molecule has 0 amide bonds. The van der Waals surface area contributed by atoms with Crippen LogP contribution >= 0.6 is 0 Å². The van der Waals surface area contributed by atoms with Crippen molar-refractivity contribution in [2.75, 3.05) is 0 Å².